The second-order valence-electron chi connectivity index (χ2n) is 6.14. The Morgan fingerprint density at radius 3 is 2.45 bits per heavy atom. The minimum Gasteiger partial charge on any atom is -0.428 e. The monoisotopic (exact) mass is 290 g/mol. The Hall–Kier alpha value is -2.35. The first-order valence-electron chi connectivity index (χ1n) is 7.89. The van der Waals surface area contributed by atoms with Crippen LogP contribution >= 0.6 is 0 Å². The van der Waals surface area contributed by atoms with E-state index in [9.17, 15) is 4.79 Å². The maximum atomic E-state index is 12.6. The van der Waals surface area contributed by atoms with Gasteiger partial charge in [0.15, 0.2) is 0 Å². The van der Waals surface area contributed by atoms with Crippen LogP contribution in [0.1, 0.15) is 36.0 Å². The Balaban J connectivity index is 1.64. The number of esters is 1. The van der Waals surface area contributed by atoms with Crippen LogP contribution in [0.4, 0.5) is 0 Å². The van der Waals surface area contributed by atoms with Crippen LogP contribution in [0.2, 0.25) is 0 Å². The first kappa shape index (κ1) is 13.3. The summed E-state index contributed by atoms with van der Waals surface area (Å²) in [6, 6.07) is 17.7. The van der Waals surface area contributed by atoms with Crippen LogP contribution in [0.25, 0.3) is 11.1 Å². The number of allylic oxidation sites excluding steroid dienone is 2. The summed E-state index contributed by atoms with van der Waals surface area (Å²) in [5.41, 5.74) is 3.97. The Morgan fingerprint density at radius 1 is 0.955 bits per heavy atom. The summed E-state index contributed by atoms with van der Waals surface area (Å²) in [4.78, 5) is 12.6. The predicted octanol–water partition coefficient (Wildman–Crippen LogP) is 4.97. The van der Waals surface area contributed by atoms with Gasteiger partial charge in [-0.15, -0.1) is 0 Å². The van der Waals surface area contributed by atoms with E-state index in [1.807, 2.05) is 54.6 Å². The minimum atomic E-state index is -0.227. The zero-order valence-electron chi connectivity index (χ0n) is 12.4. The van der Waals surface area contributed by atoms with E-state index in [4.69, 9.17) is 4.74 Å². The summed E-state index contributed by atoms with van der Waals surface area (Å²) in [6.45, 7) is 0. The van der Waals surface area contributed by atoms with Crippen molar-refractivity contribution in [3.63, 3.8) is 0 Å². The Labute approximate surface area is 130 Å². The normalized spacial score (nSPS) is 19.5. The molecule has 2 aliphatic carbocycles. The Kier molecular flexibility index (Phi) is 3.30. The van der Waals surface area contributed by atoms with Gasteiger partial charge in [0.2, 0.25) is 0 Å². The molecule has 110 valence electrons. The molecule has 22 heavy (non-hydrogen) atoms. The van der Waals surface area contributed by atoms with E-state index in [2.05, 4.69) is 0 Å². The number of carbonyl (C=O) groups is 1. The highest BCUT2D eigenvalue weighted by molar-refractivity contribution is 5.97. The van der Waals surface area contributed by atoms with Gasteiger partial charge in [-0.1, -0.05) is 48.5 Å². The van der Waals surface area contributed by atoms with Gasteiger partial charge in [0, 0.05) is 6.42 Å². The quantitative estimate of drug-likeness (QED) is 0.746. The van der Waals surface area contributed by atoms with Gasteiger partial charge < -0.3 is 4.74 Å². The fraction of sp³-hybridized carbons (Fsp3) is 0.250. The molecule has 4 rings (SSSR count). The fourth-order valence-electron chi connectivity index (χ4n) is 3.58. The van der Waals surface area contributed by atoms with Crippen LogP contribution in [0.5, 0.6) is 0 Å². The number of carbonyl (C=O) groups excluding carboxylic acids is 1. The second-order valence-corrected chi connectivity index (χ2v) is 6.14. The third-order valence-electron chi connectivity index (χ3n) is 4.71. The number of benzene rings is 2. The van der Waals surface area contributed by atoms with Crippen molar-refractivity contribution in [1.82, 2.24) is 0 Å². The third-order valence-corrected chi connectivity index (χ3v) is 4.71. The van der Waals surface area contributed by atoms with Gasteiger partial charge in [-0.2, -0.15) is 0 Å². The van der Waals surface area contributed by atoms with Crippen molar-refractivity contribution in [2.45, 2.75) is 25.7 Å². The summed E-state index contributed by atoms with van der Waals surface area (Å²) in [7, 11) is 0. The van der Waals surface area contributed by atoms with Gasteiger partial charge in [-0.25, -0.2) is 4.79 Å². The zero-order chi connectivity index (χ0) is 14.9. The highest BCUT2D eigenvalue weighted by atomic mass is 16.5. The van der Waals surface area contributed by atoms with Gasteiger partial charge >= 0.3 is 5.97 Å². The first-order chi connectivity index (χ1) is 10.8. The molecule has 1 unspecified atom stereocenters. The summed E-state index contributed by atoms with van der Waals surface area (Å²) < 4.78 is 5.73. The molecule has 0 amide bonds. The SMILES string of the molecule is O=C(OC1=C2CCC(C2)C1)c1ccccc1-c1ccccc1. The average Bonchev–Trinajstić information content (AvgIpc) is 3.18. The molecule has 2 nitrogen and oxygen atoms in total. The van der Waals surface area contributed by atoms with Crippen LogP contribution in [-0.4, -0.2) is 5.97 Å². The molecule has 0 aliphatic heterocycles. The molecule has 0 heterocycles. The molecule has 0 saturated heterocycles. The van der Waals surface area contributed by atoms with E-state index in [1.165, 1.54) is 12.0 Å². The predicted molar refractivity (Wildman–Crippen MR) is 86.3 cm³/mol. The largest absolute Gasteiger partial charge is 0.428 e. The highest BCUT2D eigenvalue weighted by Crippen LogP contribution is 2.44. The van der Waals surface area contributed by atoms with Crippen molar-refractivity contribution in [2.75, 3.05) is 0 Å². The third kappa shape index (κ3) is 2.35. The molecule has 2 bridgehead atoms. The lowest BCUT2D eigenvalue weighted by Crippen LogP contribution is -2.08. The van der Waals surface area contributed by atoms with E-state index < -0.39 is 0 Å². The average molecular weight is 290 g/mol. The number of hydrogen-bond donors (Lipinski definition) is 0. The summed E-state index contributed by atoms with van der Waals surface area (Å²) in [6.07, 6.45) is 4.43. The number of ether oxygens (including phenoxy) is 1. The molecular formula is C20H18O2. The summed E-state index contributed by atoms with van der Waals surface area (Å²) in [5.74, 6) is 1.42. The van der Waals surface area contributed by atoms with Crippen molar-refractivity contribution in [3.8, 4) is 11.1 Å². The Morgan fingerprint density at radius 2 is 1.73 bits per heavy atom. The molecule has 2 aromatic rings. The lowest BCUT2D eigenvalue weighted by Gasteiger charge is -2.14. The maximum Gasteiger partial charge on any atom is 0.343 e. The van der Waals surface area contributed by atoms with Gasteiger partial charge in [-0.05, 0) is 47.9 Å². The van der Waals surface area contributed by atoms with E-state index in [1.54, 1.807) is 0 Å². The fourth-order valence-corrected chi connectivity index (χ4v) is 3.58. The molecule has 2 aliphatic rings. The molecule has 1 atom stereocenters. The van der Waals surface area contributed by atoms with Crippen molar-refractivity contribution < 1.29 is 9.53 Å². The zero-order valence-corrected chi connectivity index (χ0v) is 12.4. The lowest BCUT2D eigenvalue weighted by atomic mass is 10.00. The van der Waals surface area contributed by atoms with Crippen LogP contribution in [0.3, 0.4) is 0 Å². The van der Waals surface area contributed by atoms with Crippen LogP contribution < -0.4 is 0 Å². The number of rotatable bonds is 3. The van der Waals surface area contributed by atoms with Crippen LogP contribution in [0.15, 0.2) is 65.9 Å². The smallest absolute Gasteiger partial charge is 0.343 e. The van der Waals surface area contributed by atoms with Crippen molar-refractivity contribution in [3.05, 3.63) is 71.5 Å². The maximum absolute atomic E-state index is 12.6. The molecule has 0 aromatic heterocycles. The summed E-state index contributed by atoms with van der Waals surface area (Å²) >= 11 is 0. The van der Waals surface area contributed by atoms with Crippen LogP contribution in [-0.2, 0) is 4.74 Å². The van der Waals surface area contributed by atoms with Gasteiger partial charge in [0.25, 0.3) is 0 Å². The molecule has 1 fully saturated rings. The molecular weight excluding hydrogens is 272 g/mol. The number of fused-ring (bicyclic) bond motifs is 2. The van der Waals surface area contributed by atoms with Gasteiger partial charge in [-0.3, -0.25) is 0 Å². The molecule has 2 heteroatoms. The minimum absolute atomic E-state index is 0.227. The molecule has 2 aromatic carbocycles. The lowest BCUT2D eigenvalue weighted by molar-refractivity contribution is 0.0608. The van der Waals surface area contributed by atoms with Crippen molar-refractivity contribution in [2.24, 2.45) is 5.92 Å². The van der Waals surface area contributed by atoms with Crippen molar-refractivity contribution >= 4 is 5.97 Å². The topological polar surface area (TPSA) is 26.3 Å². The Bertz CT molecular complexity index is 743. The first-order valence-corrected chi connectivity index (χ1v) is 7.89. The van der Waals surface area contributed by atoms with Crippen molar-refractivity contribution in [1.29, 1.82) is 0 Å². The molecule has 0 radical (unpaired) electrons. The van der Waals surface area contributed by atoms with E-state index in [0.29, 0.717) is 11.5 Å². The van der Waals surface area contributed by atoms with E-state index in [0.717, 1.165) is 36.1 Å². The van der Waals surface area contributed by atoms with Gasteiger partial charge in [0.05, 0.1) is 5.56 Å². The number of hydrogen-bond acceptors (Lipinski definition) is 2. The molecule has 0 N–H and O–H groups in total. The van der Waals surface area contributed by atoms with E-state index in [-0.39, 0.29) is 5.97 Å². The second kappa shape index (κ2) is 5.45. The summed E-state index contributed by atoms with van der Waals surface area (Å²) in [5, 5.41) is 0. The standard InChI is InChI=1S/C20H18O2/c21-20(22-19-13-14-10-11-16(19)12-14)18-9-5-4-8-17(18)15-6-2-1-3-7-15/h1-9,14H,10-13H2. The van der Waals surface area contributed by atoms with Crippen LogP contribution in [0, 0.1) is 5.92 Å². The van der Waals surface area contributed by atoms with E-state index >= 15 is 0 Å². The highest BCUT2D eigenvalue weighted by Gasteiger charge is 2.32. The molecule has 0 spiro atoms. The van der Waals surface area contributed by atoms with Gasteiger partial charge in [0.1, 0.15) is 5.76 Å². The molecule has 1 saturated carbocycles.